The van der Waals surface area contributed by atoms with Gasteiger partial charge < -0.3 is 14.8 Å². The van der Waals surface area contributed by atoms with Crippen molar-refractivity contribution in [1.82, 2.24) is 15.1 Å². The van der Waals surface area contributed by atoms with Crippen LogP contribution in [0.1, 0.15) is 35.7 Å². The Labute approximate surface area is 175 Å². The number of carbonyl (C=O) groups excluding carboxylic acids is 2. The molecule has 7 heteroatoms. The first kappa shape index (κ1) is 21.1. The van der Waals surface area contributed by atoms with Gasteiger partial charge in [-0.25, -0.2) is 4.68 Å². The van der Waals surface area contributed by atoms with E-state index < -0.39 is 5.97 Å². The standard InChI is InChI=1S/C23H25N3O4/c1-2-3-15-29-21-11-7-19(8-12-21)23(28)24-16-22(27)30-17-18-5-9-20(10-6-18)26-14-4-13-25-26/h4-14H,2-3,15-17H2,1H3,(H,24,28). The van der Waals surface area contributed by atoms with Crippen molar-refractivity contribution in [3.05, 3.63) is 78.1 Å². The molecule has 0 fully saturated rings. The molecule has 3 aromatic rings. The topological polar surface area (TPSA) is 82.5 Å². The lowest BCUT2D eigenvalue weighted by Gasteiger charge is -2.09. The van der Waals surface area contributed by atoms with Crippen LogP contribution in [0.4, 0.5) is 0 Å². The van der Waals surface area contributed by atoms with Crippen LogP contribution >= 0.6 is 0 Å². The van der Waals surface area contributed by atoms with E-state index in [-0.39, 0.29) is 19.1 Å². The van der Waals surface area contributed by atoms with E-state index >= 15 is 0 Å². The first-order valence-corrected chi connectivity index (χ1v) is 9.91. The van der Waals surface area contributed by atoms with Crippen molar-refractivity contribution in [2.75, 3.05) is 13.2 Å². The normalized spacial score (nSPS) is 10.4. The maximum absolute atomic E-state index is 12.2. The second-order valence-corrected chi connectivity index (χ2v) is 6.69. The zero-order valence-corrected chi connectivity index (χ0v) is 16.9. The van der Waals surface area contributed by atoms with Crippen LogP contribution in [-0.4, -0.2) is 34.8 Å². The quantitative estimate of drug-likeness (QED) is 0.411. The van der Waals surface area contributed by atoms with Crippen molar-refractivity contribution in [1.29, 1.82) is 0 Å². The van der Waals surface area contributed by atoms with Crippen molar-refractivity contribution in [3.8, 4) is 11.4 Å². The number of esters is 1. The minimum Gasteiger partial charge on any atom is -0.494 e. The maximum Gasteiger partial charge on any atom is 0.325 e. The van der Waals surface area contributed by atoms with E-state index in [1.165, 1.54) is 0 Å². The predicted octanol–water partition coefficient (Wildman–Crippen LogP) is 3.52. The number of nitrogens with one attached hydrogen (secondary N) is 1. The molecule has 2 aromatic carbocycles. The van der Waals surface area contributed by atoms with Crippen LogP contribution in [0.15, 0.2) is 67.0 Å². The summed E-state index contributed by atoms with van der Waals surface area (Å²) < 4.78 is 12.5. The average molecular weight is 407 g/mol. The molecule has 1 N–H and O–H groups in total. The summed E-state index contributed by atoms with van der Waals surface area (Å²) in [5, 5.41) is 6.73. The first-order valence-electron chi connectivity index (χ1n) is 9.91. The molecule has 0 spiro atoms. The summed E-state index contributed by atoms with van der Waals surface area (Å²) in [6, 6.07) is 16.2. The second-order valence-electron chi connectivity index (χ2n) is 6.69. The molecule has 1 aromatic heterocycles. The van der Waals surface area contributed by atoms with Crippen LogP contribution in [0.25, 0.3) is 5.69 Å². The highest BCUT2D eigenvalue weighted by Gasteiger charge is 2.09. The Morgan fingerprint density at radius 1 is 1.07 bits per heavy atom. The molecule has 3 rings (SSSR count). The Balaban J connectivity index is 1.40. The molecule has 0 unspecified atom stereocenters. The molecule has 0 radical (unpaired) electrons. The van der Waals surface area contributed by atoms with Gasteiger partial charge in [-0.3, -0.25) is 9.59 Å². The summed E-state index contributed by atoms with van der Waals surface area (Å²) in [5.41, 5.74) is 2.23. The summed E-state index contributed by atoms with van der Waals surface area (Å²) in [6.45, 7) is 2.69. The molecule has 0 bridgehead atoms. The smallest absolute Gasteiger partial charge is 0.325 e. The van der Waals surface area contributed by atoms with Crippen LogP contribution < -0.4 is 10.1 Å². The Bertz CT molecular complexity index is 936. The number of rotatable bonds is 10. The van der Waals surface area contributed by atoms with Gasteiger partial charge in [0.15, 0.2) is 0 Å². The molecule has 1 amide bonds. The van der Waals surface area contributed by atoms with Crippen LogP contribution in [0, 0.1) is 0 Å². The highest BCUT2D eigenvalue weighted by atomic mass is 16.5. The SMILES string of the molecule is CCCCOc1ccc(C(=O)NCC(=O)OCc2ccc(-n3cccn3)cc2)cc1. The largest absolute Gasteiger partial charge is 0.494 e. The summed E-state index contributed by atoms with van der Waals surface area (Å²) in [4.78, 5) is 24.1. The zero-order valence-electron chi connectivity index (χ0n) is 16.9. The highest BCUT2D eigenvalue weighted by molar-refractivity contribution is 5.96. The minimum atomic E-state index is -0.501. The van der Waals surface area contributed by atoms with Gasteiger partial charge in [-0.15, -0.1) is 0 Å². The van der Waals surface area contributed by atoms with E-state index in [9.17, 15) is 9.59 Å². The predicted molar refractivity (Wildman–Crippen MR) is 113 cm³/mol. The molecule has 7 nitrogen and oxygen atoms in total. The molecule has 156 valence electrons. The van der Waals surface area contributed by atoms with Gasteiger partial charge in [-0.2, -0.15) is 5.10 Å². The van der Waals surface area contributed by atoms with Crippen LogP contribution in [0.5, 0.6) is 5.75 Å². The fourth-order valence-electron chi connectivity index (χ4n) is 2.67. The van der Waals surface area contributed by atoms with E-state index in [1.807, 2.05) is 36.5 Å². The number of carbonyl (C=O) groups is 2. The Morgan fingerprint density at radius 3 is 2.50 bits per heavy atom. The van der Waals surface area contributed by atoms with Gasteiger partial charge in [0, 0.05) is 18.0 Å². The number of ether oxygens (including phenoxy) is 2. The monoisotopic (exact) mass is 407 g/mol. The highest BCUT2D eigenvalue weighted by Crippen LogP contribution is 2.13. The van der Waals surface area contributed by atoms with Gasteiger partial charge >= 0.3 is 5.97 Å². The fraction of sp³-hybridized carbons (Fsp3) is 0.261. The third-order valence-corrected chi connectivity index (χ3v) is 4.38. The summed E-state index contributed by atoms with van der Waals surface area (Å²) >= 11 is 0. The third kappa shape index (κ3) is 6.20. The minimum absolute atomic E-state index is 0.137. The van der Waals surface area contributed by atoms with Crippen LogP contribution in [0.3, 0.4) is 0 Å². The van der Waals surface area contributed by atoms with Gasteiger partial charge in [0.2, 0.25) is 0 Å². The van der Waals surface area contributed by atoms with Crippen molar-refractivity contribution in [3.63, 3.8) is 0 Å². The number of nitrogens with zero attached hydrogens (tertiary/aromatic N) is 2. The molecule has 1 heterocycles. The number of amides is 1. The van der Waals surface area contributed by atoms with E-state index in [2.05, 4.69) is 17.3 Å². The van der Waals surface area contributed by atoms with Crippen molar-refractivity contribution in [2.24, 2.45) is 0 Å². The van der Waals surface area contributed by atoms with Gasteiger partial charge in [0.1, 0.15) is 18.9 Å². The molecule has 0 aliphatic heterocycles. The van der Waals surface area contributed by atoms with Gasteiger partial charge in [0.05, 0.1) is 12.3 Å². The summed E-state index contributed by atoms with van der Waals surface area (Å²) in [7, 11) is 0. The molecule has 0 saturated heterocycles. The van der Waals surface area contributed by atoms with E-state index in [1.54, 1.807) is 35.1 Å². The lowest BCUT2D eigenvalue weighted by atomic mass is 10.2. The molecular weight excluding hydrogens is 382 g/mol. The van der Waals surface area contributed by atoms with E-state index in [0.717, 1.165) is 29.8 Å². The van der Waals surface area contributed by atoms with Gasteiger partial charge in [-0.1, -0.05) is 25.5 Å². The van der Waals surface area contributed by atoms with Gasteiger partial charge in [-0.05, 0) is 54.4 Å². The Hall–Kier alpha value is -3.61. The number of hydrogen-bond donors (Lipinski definition) is 1. The van der Waals surface area contributed by atoms with Crippen LogP contribution in [-0.2, 0) is 16.1 Å². The lowest BCUT2D eigenvalue weighted by molar-refractivity contribution is -0.143. The lowest BCUT2D eigenvalue weighted by Crippen LogP contribution is -2.30. The third-order valence-electron chi connectivity index (χ3n) is 4.38. The molecule has 0 aliphatic rings. The van der Waals surface area contributed by atoms with Crippen molar-refractivity contribution in [2.45, 2.75) is 26.4 Å². The van der Waals surface area contributed by atoms with Crippen LogP contribution in [0.2, 0.25) is 0 Å². The Kier molecular flexibility index (Phi) is 7.60. The summed E-state index contributed by atoms with van der Waals surface area (Å²) in [5.74, 6) is -0.118. The molecule has 0 saturated carbocycles. The number of aromatic nitrogens is 2. The molecule has 30 heavy (non-hydrogen) atoms. The average Bonchev–Trinajstić information content (AvgIpc) is 3.32. The number of unbranched alkanes of at least 4 members (excludes halogenated alkanes) is 1. The molecule has 0 aliphatic carbocycles. The number of benzene rings is 2. The Morgan fingerprint density at radius 2 is 1.83 bits per heavy atom. The second kappa shape index (κ2) is 10.8. The van der Waals surface area contributed by atoms with Gasteiger partial charge in [0.25, 0.3) is 5.91 Å². The first-order chi connectivity index (χ1) is 14.7. The van der Waals surface area contributed by atoms with Crippen molar-refractivity contribution < 1.29 is 19.1 Å². The summed E-state index contributed by atoms with van der Waals surface area (Å²) in [6.07, 6.45) is 5.61. The molecule has 0 atom stereocenters. The van der Waals surface area contributed by atoms with E-state index in [0.29, 0.717) is 12.2 Å². The van der Waals surface area contributed by atoms with E-state index in [4.69, 9.17) is 9.47 Å². The number of hydrogen-bond acceptors (Lipinski definition) is 5. The zero-order chi connectivity index (χ0) is 21.2. The fourth-order valence-corrected chi connectivity index (χ4v) is 2.67. The maximum atomic E-state index is 12.2. The van der Waals surface area contributed by atoms with Crippen molar-refractivity contribution >= 4 is 11.9 Å². The molecular formula is C23H25N3O4.